The molecule has 1 N–H and O–H groups in total. The van der Waals surface area contributed by atoms with E-state index in [1.807, 2.05) is 6.26 Å². The van der Waals surface area contributed by atoms with Gasteiger partial charge in [-0.1, -0.05) is 35.0 Å². The average Bonchev–Trinajstić information content (AvgIpc) is 3.39. The molecular formula is C15H12Cl2FN3O2S. The highest BCUT2D eigenvalue weighted by molar-refractivity contribution is 7.98. The van der Waals surface area contributed by atoms with Gasteiger partial charge in [-0.3, -0.25) is 4.79 Å². The van der Waals surface area contributed by atoms with Gasteiger partial charge < -0.3 is 10.1 Å². The number of benzene rings is 1. The molecule has 1 heterocycles. The fourth-order valence-electron chi connectivity index (χ4n) is 1.86. The molecule has 1 aliphatic rings. The molecule has 1 amide bonds. The van der Waals surface area contributed by atoms with Crippen molar-refractivity contribution < 1.29 is 13.9 Å². The van der Waals surface area contributed by atoms with Crippen LogP contribution in [0.1, 0.15) is 23.2 Å². The monoisotopic (exact) mass is 387 g/mol. The number of hydrogen-bond acceptors (Lipinski definition) is 5. The summed E-state index contributed by atoms with van der Waals surface area (Å²) in [5.41, 5.74) is 0.130. The molecule has 0 saturated heterocycles. The minimum absolute atomic E-state index is 0.00496. The largest absolute Gasteiger partial charge is 0.474 e. The summed E-state index contributed by atoms with van der Waals surface area (Å²) in [6, 6.07) is 2.44. The van der Waals surface area contributed by atoms with Crippen LogP contribution in [0.3, 0.4) is 0 Å². The summed E-state index contributed by atoms with van der Waals surface area (Å²) >= 11 is 13.2. The SMILES string of the molecule is CSc1ncc(C(=O)Nc2c(Cl)ccc(F)c2Cl)c(OC2CC2)n1. The van der Waals surface area contributed by atoms with Crippen molar-refractivity contribution in [3.8, 4) is 5.88 Å². The van der Waals surface area contributed by atoms with Crippen molar-refractivity contribution in [2.75, 3.05) is 11.6 Å². The summed E-state index contributed by atoms with van der Waals surface area (Å²) in [6.45, 7) is 0. The summed E-state index contributed by atoms with van der Waals surface area (Å²) in [5.74, 6) is -1.06. The molecule has 0 atom stereocenters. The molecule has 0 spiro atoms. The second-order valence-corrected chi connectivity index (χ2v) is 6.62. The summed E-state index contributed by atoms with van der Waals surface area (Å²) in [7, 11) is 0. The number of halogens is 3. The molecule has 2 aromatic rings. The first-order valence-electron chi connectivity index (χ1n) is 7.02. The number of rotatable bonds is 5. The quantitative estimate of drug-likeness (QED) is 0.466. The van der Waals surface area contributed by atoms with Crippen molar-refractivity contribution in [3.63, 3.8) is 0 Å². The van der Waals surface area contributed by atoms with Gasteiger partial charge in [0.25, 0.3) is 5.91 Å². The molecule has 5 nitrogen and oxygen atoms in total. The highest BCUT2D eigenvalue weighted by Crippen LogP contribution is 2.34. The van der Waals surface area contributed by atoms with Crippen molar-refractivity contribution >= 4 is 46.6 Å². The van der Waals surface area contributed by atoms with Gasteiger partial charge in [0.05, 0.1) is 10.7 Å². The van der Waals surface area contributed by atoms with E-state index in [1.54, 1.807) is 0 Å². The van der Waals surface area contributed by atoms with Crippen LogP contribution in [-0.2, 0) is 0 Å². The Bertz CT molecular complexity index is 803. The molecule has 3 rings (SSSR count). The molecule has 0 unspecified atom stereocenters. The zero-order valence-electron chi connectivity index (χ0n) is 12.5. The Hall–Kier alpha value is -1.57. The van der Waals surface area contributed by atoms with Gasteiger partial charge in [-0.15, -0.1) is 0 Å². The van der Waals surface area contributed by atoms with Crippen molar-refractivity contribution in [2.45, 2.75) is 24.1 Å². The van der Waals surface area contributed by atoms with Crippen LogP contribution < -0.4 is 10.1 Å². The number of hydrogen-bond donors (Lipinski definition) is 1. The Labute approximate surface area is 151 Å². The van der Waals surface area contributed by atoms with Gasteiger partial charge in [-0.05, 0) is 31.2 Å². The van der Waals surface area contributed by atoms with Crippen molar-refractivity contribution in [2.24, 2.45) is 0 Å². The minimum Gasteiger partial charge on any atom is -0.474 e. The Morgan fingerprint density at radius 3 is 2.83 bits per heavy atom. The number of aromatic nitrogens is 2. The van der Waals surface area contributed by atoms with Crippen molar-refractivity contribution in [3.05, 3.63) is 39.8 Å². The standard InChI is InChI=1S/C15H12Cl2FN3O2S/c1-24-15-19-6-8(14(21-15)23-7-2-3-7)13(22)20-12-9(16)4-5-10(18)11(12)17/h4-7H,2-3H2,1H3,(H,20,22). The Kier molecular flexibility index (Phi) is 5.12. The van der Waals surface area contributed by atoms with Crippen LogP contribution in [0.4, 0.5) is 10.1 Å². The molecule has 1 aromatic carbocycles. The minimum atomic E-state index is -0.681. The van der Waals surface area contributed by atoms with Gasteiger partial charge in [-0.2, -0.15) is 4.98 Å². The van der Waals surface area contributed by atoms with Gasteiger partial charge in [-0.25, -0.2) is 9.37 Å². The van der Waals surface area contributed by atoms with Crippen LogP contribution in [0.2, 0.25) is 10.0 Å². The number of ether oxygens (including phenoxy) is 1. The molecule has 9 heteroatoms. The number of carbonyl (C=O) groups is 1. The number of amides is 1. The van der Waals surface area contributed by atoms with Gasteiger partial charge >= 0.3 is 0 Å². The molecule has 1 aliphatic carbocycles. The van der Waals surface area contributed by atoms with Crippen LogP contribution in [0.5, 0.6) is 5.88 Å². The summed E-state index contributed by atoms with van der Waals surface area (Å²) < 4.78 is 19.3. The lowest BCUT2D eigenvalue weighted by Gasteiger charge is -2.12. The first kappa shape index (κ1) is 17.3. The average molecular weight is 388 g/mol. The van der Waals surface area contributed by atoms with E-state index in [2.05, 4.69) is 15.3 Å². The van der Waals surface area contributed by atoms with E-state index in [9.17, 15) is 9.18 Å². The lowest BCUT2D eigenvalue weighted by Crippen LogP contribution is -2.16. The van der Waals surface area contributed by atoms with Crippen molar-refractivity contribution in [1.29, 1.82) is 0 Å². The third-order valence-electron chi connectivity index (χ3n) is 3.24. The predicted molar refractivity (Wildman–Crippen MR) is 91.8 cm³/mol. The van der Waals surface area contributed by atoms with Crippen LogP contribution in [-0.4, -0.2) is 28.2 Å². The van der Waals surface area contributed by atoms with E-state index in [0.717, 1.165) is 18.9 Å². The normalized spacial score (nSPS) is 13.7. The first-order valence-corrected chi connectivity index (χ1v) is 9.00. The molecular weight excluding hydrogens is 376 g/mol. The maximum absolute atomic E-state index is 13.6. The fraction of sp³-hybridized carbons (Fsp3) is 0.267. The van der Waals surface area contributed by atoms with Gasteiger partial charge in [0.15, 0.2) is 5.16 Å². The summed E-state index contributed by atoms with van der Waals surface area (Å²) in [6.07, 6.45) is 5.08. The van der Waals surface area contributed by atoms with E-state index in [-0.39, 0.29) is 33.3 Å². The Morgan fingerprint density at radius 1 is 1.42 bits per heavy atom. The third kappa shape index (κ3) is 3.74. The molecule has 126 valence electrons. The number of thioether (sulfide) groups is 1. The Balaban J connectivity index is 1.91. The highest BCUT2D eigenvalue weighted by Gasteiger charge is 2.27. The van der Waals surface area contributed by atoms with E-state index in [4.69, 9.17) is 27.9 Å². The zero-order valence-corrected chi connectivity index (χ0v) is 14.8. The lowest BCUT2D eigenvalue weighted by atomic mass is 10.2. The molecule has 24 heavy (non-hydrogen) atoms. The summed E-state index contributed by atoms with van der Waals surface area (Å²) in [4.78, 5) is 20.8. The maximum atomic E-state index is 13.6. The molecule has 0 bridgehead atoms. The van der Waals surface area contributed by atoms with E-state index in [1.165, 1.54) is 24.0 Å². The molecule has 1 aromatic heterocycles. The second-order valence-electron chi connectivity index (χ2n) is 5.07. The number of nitrogens with one attached hydrogen (secondary N) is 1. The third-order valence-corrected chi connectivity index (χ3v) is 4.49. The van der Waals surface area contributed by atoms with Crippen LogP contribution in [0, 0.1) is 5.82 Å². The van der Waals surface area contributed by atoms with Gasteiger partial charge in [0, 0.05) is 6.20 Å². The van der Waals surface area contributed by atoms with E-state index >= 15 is 0 Å². The predicted octanol–water partition coefficient (Wildman–Crippen LogP) is 4.44. The Morgan fingerprint density at radius 2 is 2.17 bits per heavy atom. The summed E-state index contributed by atoms with van der Waals surface area (Å²) in [5, 5.41) is 2.85. The lowest BCUT2D eigenvalue weighted by molar-refractivity contribution is 0.102. The number of carbonyl (C=O) groups excluding carboxylic acids is 1. The zero-order chi connectivity index (χ0) is 17.3. The second kappa shape index (κ2) is 7.13. The molecule has 1 saturated carbocycles. The van der Waals surface area contributed by atoms with E-state index < -0.39 is 11.7 Å². The molecule has 1 fully saturated rings. The number of anilines is 1. The van der Waals surface area contributed by atoms with Crippen LogP contribution in [0.15, 0.2) is 23.5 Å². The van der Waals surface area contributed by atoms with Gasteiger partial charge in [0.2, 0.25) is 5.88 Å². The molecule has 0 aliphatic heterocycles. The maximum Gasteiger partial charge on any atom is 0.262 e. The van der Waals surface area contributed by atoms with E-state index in [0.29, 0.717) is 5.16 Å². The topological polar surface area (TPSA) is 64.1 Å². The van der Waals surface area contributed by atoms with Crippen LogP contribution in [0.25, 0.3) is 0 Å². The van der Waals surface area contributed by atoms with Crippen LogP contribution >= 0.6 is 35.0 Å². The fourth-order valence-corrected chi connectivity index (χ4v) is 2.66. The molecule has 0 radical (unpaired) electrons. The highest BCUT2D eigenvalue weighted by atomic mass is 35.5. The first-order chi connectivity index (χ1) is 11.5. The van der Waals surface area contributed by atoms with Gasteiger partial charge in [0.1, 0.15) is 22.5 Å². The number of nitrogens with zero attached hydrogens (tertiary/aromatic N) is 2. The van der Waals surface area contributed by atoms with Crippen molar-refractivity contribution in [1.82, 2.24) is 9.97 Å². The smallest absolute Gasteiger partial charge is 0.262 e.